The summed E-state index contributed by atoms with van der Waals surface area (Å²) < 4.78 is 1.13. The zero-order valence-electron chi connectivity index (χ0n) is 8.83. The molecule has 17 heavy (non-hydrogen) atoms. The quantitative estimate of drug-likeness (QED) is 0.425. The Kier molecular flexibility index (Phi) is 2.59. The Hall–Kier alpha value is -1.08. The number of hydrogen-bond acceptors (Lipinski definition) is 4. The van der Waals surface area contributed by atoms with Crippen LogP contribution in [-0.4, -0.2) is 0 Å². The van der Waals surface area contributed by atoms with Crippen molar-refractivity contribution in [1.29, 1.82) is 0 Å². The fourth-order valence-electron chi connectivity index (χ4n) is 1.78. The summed E-state index contributed by atoms with van der Waals surface area (Å²) in [5, 5.41) is 3.42. The standard InChI is InChI=1S/C12H10IN3S/c13-8-3-7(15)5-11-12(8)16-9-2-1-6(14)4-10(9)17-11/h1-5,16H,14-15H2. The number of rotatable bonds is 0. The van der Waals surface area contributed by atoms with Gasteiger partial charge in [0.2, 0.25) is 0 Å². The van der Waals surface area contributed by atoms with Crippen LogP contribution < -0.4 is 16.8 Å². The fourth-order valence-corrected chi connectivity index (χ4v) is 3.87. The lowest BCUT2D eigenvalue weighted by Crippen LogP contribution is -2.03. The second kappa shape index (κ2) is 3.99. The summed E-state index contributed by atoms with van der Waals surface area (Å²) in [7, 11) is 0. The van der Waals surface area contributed by atoms with Crippen molar-refractivity contribution < 1.29 is 0 Å². The molecule has 0 aliphatic carbocycles. The lowest BCUT2D eigenvalue weighted by Gasteiger charge is -2.22. The summed E-state index contributed by atoms with van der Waals surface area (Å²) in [6, 6.07) is 9.84. The Morgan fingerprint density at radius 3 is 2.59 bits per heavy atom. The van der Waals surface area contributed by atoms with E-state index in [-0.39, 0.29) is 0 Å². The maximum atomic E-state index is 5.86. The molecule has 0 unspecified atom stereocenters. The Labute approximate surface area is 117 Å². The zero-order chi connectivity index (χ0) is 12.0. The molecule has 1 heterocycles. The van der Waals surface area contributed by atoms with E-state index in [1.54, 1.807) is 11.8 Å². The molecule has 86 valence electrons. The number of anilines is 4. The van der Waals surface area contributed by atoms with Gasteiger partial charge in [-0.15, -0.1) is 0 Å². The van der Waals surface area contributed by atoms with Crippen LogP contribution in [0, 0.1) is 3.57 Å². The Morgan fingerprint density at radius 1 is 1.00 bits per heavy atom. The van der Waals surface area contributed by atoms with Crippen LogP contribution in [0.15, 0.2) is 40.1 Å². The summed E-state index contributed by atoms with van der Waals surface area (Å²) >= 11 is 3.99. The van der Waals surface area contributed by atoms with Crippen LogP contribution in [0.2, 0.25) is 0 Å². The molecule has 0 bridgehead atoms. The van der Waals surface area contributed by atoms with Crippen LogP contribution >= 0.6 is 34.4 Å². The van der Waals surface area contributed by atoms with Crippen LogP contribution in [0.3, 0.4) is 0 Å². The zero-order valence-corrected chi connectivity index (χ0v) is 11.8. The molecule has 0 amide bonds. The highest BCUT2D eigenvalue weighted by molar-refractivity contribution is 14.1. The molecule has 0 atom stereocenters. The minimum atomic E-state index is 0.778. The van der Waals surface area contributed by atoms with Crippen LogP contribution in [0.5, 0.6) is 0 Å². The molecule has 1 aliphatic rings. The molecular formula is C12H10IN3S. The summed E-state index contributed by atoms with van der Waals surface area (Å²) in [4.78, 5) is 2.28. The molecule has 3 rings (SSSR count). The van der Waals surface area contributed by atoms with E-state index in [9.17, 15) is 0 Å². The Balaban J connectivity index is 2.14. The van der Waals surface area contributed by atoms with Gasteiger partial charge in [-0.05, 0) is 52.9 Å². The first-order valence-corrected chi connectivity index (χ1v) is 6.96. The molecule has 5 heteroatoms. The van der Waals surface area contributed by atoms with Crippen LogP contribution in [-0.2, 0) is 0 Å². The van der Waals surface area contributed by atoms with Gasteiger partial charge >= 0.3 is 0 Å². The lowest BCUT2D eigenvalue weighted by molar-refractivity contribution is 1.30. The molecule has 3 nitrogen and oxygen atoms in total. The Bertz CT molecular complexity index is 613. The molecule has 2 aromatic carbocycles. The van der Waals surface area contributed by atoms with Gasteiger partial charge in [0.15, 0.2) is 0 Å². The minimum Gasteiger partial charge on any atom is -0.399 e. The second-order valence-electron chi connectivity index (χ2n) is 3.86. The van der Waals surface area contributed by atoms with E-state index in [0.717, 1.165) is 36.1 Å². The van der Waals surface area contributed by atoms with Crippen molar-refractivity contribution in [2.24, 2.45) is 0 Å². The van der Waals surface area contributed by atoms with Gasteiger partial charge in [0.25, 0.3) is 0 Å². The predicted molar refractivity (Wildman–Crippen MR) is 81.8 cm³/mol. The third-order valence-electron chi connectivity index (χ3n) is 2.56. The van der Waals surface area contributed by atoms with Crippen molar-refractivity contribution in [3.8, 4) is 0 Å². The van der Waals surface area contributed by atoms with Crippen LogP contribution in [0.4, 0.5) is 22.7 Å². The monoisotopic (exact) mass is 355 g/mol. The van der Waals surface area contributed by atoms with E-state index in [4.69, 9.17) is 11.5 Å². The lowest BCUT2D eigenvalue weighted by atomic mass is 10.2. The van der Waals surface area contributed by atoms with Crippen molar-refractivity contribution >= 4 is 57.1 Å². The molecule has 1 aliphatic heterocycles. The topological polar surface area (TPSA) is 64.1 Å². The van der Waals surface area contributed by atoms with Crippen molar-refractivity contribution in [2.75, 3.05) is 16.8 Å². The molecule has 0 radical (unpaired) electrons. The number of fused-ring (bicyclic) bond motifs is 2. The summed E-state index contributed by atoms with van der Waals surface area (Å²) in [5.41, 5.74) is 15.4. The van der Waals surface area contributed by atoms with Crippen LogP contribution in [0.25, 0.3) is 0 Å². The smallest absolute Gasteiger partial charge is 0.0663 e. The highest BCUT2D eigenvalue weighted by atomic mass is 127. The Morgan fingerprint density at radius 2 is 1.76 bits per heavy atom. The number of nitrogens with one attached hydrogen (secondary N) is 1. The first-order chi connectivity index (χ1) is 8.13. The van der Waals surface area contributed by atoms with Crippen molar-refractivity contribution in [2.45, 2.75) is 9.79 Å². The molecule has 2 aromatic rings. The highest BCUT2D eigenvalue weighted by Gasteiger charge is 2.18. The van der Waals surface area contributed by atoms with Crippen LogP contribution in [0.1, 0.15) is 0 Å². The van der Waals surface area contributed by atoms with E-state index in [2.05, 4.69) is 27.9 Å². The van der Waals surface area contributed by atoms with Crippen molar-refractivity contribution in [1.82, 2.24) is 0 Å². The SMILES string of the molecule is Nc1ccc2c(c1)Sc1cc(N)cc(I)c1N2. The number of halogens is 1. The molecular weight excluding hydrogens is 345 g/mol. The van der Waals surface area contributed by atoms with E-state index in [1.807, 2.05) is 30.3 Å². The normalized spacial score (nSPS) is 12.5. The van der Waals surface area contributed by atoms with Gasteiger partial charge in [0.1, 0.15) is 0 Å². The number of nitrogens with two attached hydrogens (primary N) is 2. The number of benzene rings is 2. The second-order valence-corrected chi connectivity index (χ2v) is 6.10. The van der Waals surface area contributed by atoms with Gasteiger partial charge in [-0.1, -0.05) is 11.8 Å². The first kappa shape index (κ1) is 11.0. The molecule has 0 saturated carbocycles. The maximum absolute atomic E-state index is 5.86. The molecule has 0 fully saturated rings. The van der Waals surface area contributed by atoms with E-state index in [1.165, 1.54) is 0 Å². The van der Waals surface area contributed by atoms with E-state index < -0.39 is 0 Å². The average molecular weight is 355 g/mol. The van der Waals surface area contributed by atoms with Gasteiger partial charge in [0, 0.05) is 24.7 Å². The fraction of sp³-hybridized carbons (Fsp3) is 0. The third kappa shape index (κ3) is 1.93. The van der Waals surface area contributed by atoms with E-state index >= 15 is 0 Å². The largest absolute Gasteiger partial charge is 0.399 e. The van der Waals surface area contributed by atoms with Gasteiger partial charge in [-0.2, -0.15) is 0 Å². The number of nitrogen functional groups attached to an aromatic ring is 2. The highest BCUT2D eigenvalue weighted by Crippen LogP contribution is 2.47. The molecule has 0 spiro atoms. The van der Waals surface area contributed by atoms with Gasteiger partial charge in [0.05, 0.1) is 11.4 Å². The average Bonchev–Trinajstić information content (AvgIpc) is 2.26. The van der Waals surface area contributed by atoms with Gasteiger partial charge in [-0.3, -0.25) is 0 Å². The summed E-state index contributed by atoms with van der Waals surface area (Å²) in [6.07, 6.45) is 0. The maximum Gasteiger partial charge on any atom is 0.0663 e. The van der Waals surface area contributed by atoms with E-state index in [0.29, 0.717) is 0 Å². The first-order valence-electron chi connectivity index (χ1n) is 5.07. The van der Waals surface area contributed by atoms with Gasteiger partial charge < -0.3 is 16.8 Å². The molecule has 5 N–H and O–H groups in total. The summed E-state index contributed by atoms with van der Waals surface area (Å²) in [6.45, 7) is 0. The van der Waals surface area contributed by atoms with Crippen molar-refractivity contribution in [3.63, 3.8) is 0 Å². The number of hydrogen-bond donors (Lipinski definition) is 3. The third-order valence-corrected chi connectivity index (χ3v) is 4.51. The van der Waals surface area contributed by atoms with Gasteiger partial charge in [-0.25, -0.2) is 0 Å². The molecule has 0 saturated heterocycles. The predicted octanol–water partition coefficient (Wildman–Crippen LogP) is 3.66. The minimum absolute atomic E-state index is 0.778. The summed E-state index contributed by atoms with van der Waals surface area (Å²) in [5.74, 6) is 0. The molecule has 0 aromatic heterocycles. The van der Waals surface area contributed by atoms with Crippen molar-refractivity contribution in [3.05, 3.63) is 33.9 Å².